The Hall–Kier alpha value is -2.89. The van der Waals surface area contributed by atoms with Gasteiger partial charge in [0.1, 0.15) is 17.7 Å². The van der Waals surface area contributed by atoms with Crippen LogP contribution in [0, 0.1) is 5.82 Å². The molecule has 16 heteroatoms. The Morgan fingerprint density at radius 2 is 1.46 bits per heavy atom. The maximum absolute atomic E-state index is 14.4. The molecule has 0 atom stereocenters. The highest BCUT2D eigenvalue weighted by Crippen LogP contribution is 2.23. The molecule has 2 rings (SSSR count). The minimum Gasteiger partial charge on any atom is -0.487 e. The molecule has 0 aliphatic heterocycles. The zero-order valence-corrected chi connectivity index (χ0v) is 23.0. The summed E-state index contributed by atoms with van der Waals surface area (Å²) in [6, 6.07) is 6.03. The first-order chi connectivity index (χ1) is 17.1. The molecule has 0 aliphatic rings. The number of carbonyl (C=O) groups excluding carboxylic acids is 1. The van der Waals surface area contributed by atoms with E-state index in [1.54, 1.807) is 12.1 Å². The molecule has 1 aromatic heterocycles. The van der Waals surface area contributed by atoms with Crippen molar-refractivity contribution in [1.29, 1.82) is 0 Å². The van der Waals surface area contributed by atoms with Gasteiger partial charge in [0.15, 0.2) is 0 Å². The van der Waals surface area contributed by atoms with Gasteiger partial charge in [-0.3, -0.25) is 4.98 Å². The number of hydrogen-bond acceptors (Lipinski definition) is 7. The third kappa shape index (κ3) is 8.58. The number of halogens is 1. The van der Waals surface area contributed by atoms with Crippen molar-refractivity contribution in [3.63, 3.8) is 0 Å². The molecule has 0 fully saturated rings. The van der Waals surface area contributed by atoms with Crippen LogP contribution < -0.4 is 15.4 Å². The number of ether oxygens (including phenoxy) is 1. The van der Waals surface area contributed by atoms with Crippen molar-refractivity contribution in [2.24, 2.45) is 0 Å². The Morgan fingerprint density at radius 3 is 1.95 bits per heavy atom. The number of anilines is 2. The largest absolute Gasteiger partial charge is 0.487 e. The van der Waals surface area contributed by atoms with Gasteiger partial charge >= 0.3 is 6.03 Å². The molecule has 0 aliphatic carbocycles. The van der Waals surface area contributed by atoms with Gasteiger partial charge in [-0.05, 0) is 18.2 Å². The van der Waals surface area contributed by atoms with E-state index in [0.717, 1.165) is 29.4 Å². The summed E-state index contributed by atoms with van der Waals surface area (Å²) in [7, 11) is 0.336. The third-order valence-corrected chi connectivity index (χ3v) is 8.70. The van der Waals surface area contributed by atoms with Crippen LogP contribution in [0.3, 0.4) is 0 Å². The Balaban J connectivity index is 2.28. The van der Waals surface area contributed by atoms with E-state index in [2.05, 4.69) is 15.6 Å². The summed E-state index contributed by atoms with van der Waals surface area (Å²) in [5.41, 5.74) is 0.474. The van der Waals surface area contributed by atoms with Gasteiger partial charge in [0.25, 0.3) is 20.4 Å². The summed E-state index contributed by atoms with van der Waals surface area (Å²) in [4.78, 5) is 16.2. The predicted molar refractivity (Wildman–Crippen MR) is 138 cm³/mol. The first kappa shape index (κ1) is 30.3. The van der Waals surface area contributed by atoms with E-state index in [0.29, 0.717) is 5.69 Å². The van der Waals surface area contributed by atoms with Gasteiger partial charge in [-0.25, -0.2) is 9.18 Å². The van der Waals surface area contributed by atoms with Crippen LogP contribution >= 0.6 is 0 Å². The van der Waals surface area contributed by atoms with E-state index in [9.17, 15) is 26.0 Å². The van der Waals surface area contributed by atoms with Crippen LogP contribution in [0.15, 0.2) is 42.7 Å². The molecule has 2 amide bonds. The third-order valence-electron chi connectivity index (χ3n) is 4.98. The van der Waals surface area contributed by atoms with Gasteiger partial charge in [-0.1, -0.05) is 0 Å². The molecule has 0 bridgehead atoms. The first-order valence-corrected chi connectivity index (χ1v) is 13.6. The van der Waals surface area contributed by atoms with Crippen LogP contribution in [0.1, 0.15) is 0 Å². The van der Waals surface area contributed by atoms with Crippen molar-refractivity contribution in [2.45, 2.75) is 6.10 Å². The van der Waals surface area contributed by atoms with E-state index in [4.69, 9.17) is 4.74 Å². The number of hydrogen-bond donors (Lipinski definition) is 2. The summed E-state index contributed by atoms with van der Waals surface area (Å²) >= 11 is 0. The monoisotopic (exact) mass is 561 g/mol. The highest BCUT2D eigenvalue weighted by Gasteiger charge is 2.29. The number of likely N-dealkylation sites (N-methyl/N-ethyl adjacent to an activating group) is 2. The molecular formula is C21H32FN7O6S2. The number of benzene rings is 1. The van der Waals surface area contributed by atoms with E-state index in [1.807, 2.05) is 0 Å². The van der Waals surface area contributed by atoms with Gasteiger partial charge in [-0.2, -0.15) is 34.1 Å². The van der Waals surface area contributed by atoms with Crippen LogP contribution in [0.2, 0.25) is 0 Å². The Labute approximate surface area is 217 Å². The van der Waals surface area contributed by atoms with Crippen LogP contribution in [0.25, 0.3) is 0 Å². The molecule has 1 heterocycles. The van der Waals surface area contributed by atoms with Crippen LogP contribution in [-0.4, -0.2) is 107 Å². The molecular weight excluding hydrogens is 529 g/mol. The highest BCUT2D eigenvalue weighted by molar-refractivity contribution is 7.87. The second-order valence-electron chi connectivity index (χ2n) is 8.38. The molecule has 37 heavy (non-hydrogen) atoms. The van der Waals surface area contributed by atoms with Crippen LogP contribution in [0.4, 0.5) is 20.6 Å². The lowest BCUT2D eigenvalue weighted by Gasteiger charge is -2.30. The summed E-state index contributed by atoms with van der Waals surface area (Å²) in [5.74, 6) is -0.788. The van der Waals surface area contributed by atoms with Crippen molar-refractivity contribution in [3.8, 4) is 5.75 Å². The van der Waals surface area contributed by atoms with Crippen molar-refractivity contribution in [2.75, 3.05) is 66.0 Å². The second-order valence-corrected chi connectivity index (χ2v) is 12.9. The molecule has 0 saturated carbocycles. The van der Waals surface area contributed by atoms with Crippen molar-refractivity contribution < 1.29 is 30.8 Å². The zero-order valence-electron chi connectivity index (χ0n) is 21.4. The molecule has 2 aromatic rings. The number of amides is 2. The molecule has 206 valence electrons. The number of urea groups is 1. The lowest BCUT2D eigenvalue weighted by molar-refractivity contribution is 0.153. The molecule has 1 aromatic carbocycles. The van der Waals surface area contributed by atoms with Gasteiger partial charge in [-0.15, -0.1) is 0 Å². The number of pyridine rings is 1. The van der Waals surface area contributed by atoms with Gasteiger partial charge in [0, 0.05) is 66.3 Å². The van der Waals surface area contributed by atoms with Crippen LogP contribution in [0.5, 0.6) is 5.75 Å². The Morgan fingerprint density at radius 1 is 0.919 bits per heavy atom. The predicted octanol–water partition coefficient (Wildman–Crippen LogP) is 1.09. The lowest BCUT2D eigenvalue weighted by atomic mass is 10.2. The molecule has 0 radical (unpaired) electrons. The SMILES string of the molecule is CN(C)S(=O)(=O)N(C)CC(CN(C)S(=O)(=O)N(C)C)Oc1cc(F)cc(NC(=O)Nc2cccnc2)c1. The fraction of sp³-hybridized carbons (Fsp3) is 0.429. The number of nitrogens with one attached hydrogen (secondary N) is 2. The van der Waals surface area contributed by atoms with E-state index in [1.165, 1.54) is 60.7 Å². The fourth-order valence-electron chi connectivity index (χ4n) is 3.08. The van der Waals surface area contributed by atoms with E-state index >= 15 is 0 Å². The van der Waals surface area contributed by atoms with Gasteiger partial charge < -0.3 is 15.4 Å². The van der Waals surface area contributed by atoms with Crippen molar-refractivity contribution >= 4 is 37.8 Å². The van der Waals surface area contributed by atoms with Crippen LogP contribution in [-0.2, 0) is 20.4 Å². The average Bonchev–Trinajstić information content (AvgIpc) is 2.78. The Kier molecular flexibility index (Phi) is 10.3. The number of carbonyl (C=O) groups is 1. The minimum atomic E-state index is -3.85. The maximum atomic E-state index is 14.4. The van der Waals surface area contributed by atoms with Crippen molar-refractivity contribution in [1.82, 2.24) is 22.2 Å². The summed E-state index contributed by atoms with van der Waals surface area (Å²) < 4.78 is 74.3. The van der Waals surface area contributed by atoms with Crippen molar-refractivity contribution in [3.05, 3.63) is 48.5 Å². The quantitative estimate of drug-likeness (QED) is 0.395. The molecule has 13 nitrogen and oxygen atoms in total. The summed E-state index contributed by atoms with van der Waals surface area (Å²) in [6.07, 6.45) is 1.93. The topological polar surface area (TPSA) is 144 Å². The first-order valence-electron chi connectivity index (χ1n) is 10.9. The Bertz CT molecular complexity index is 1230. The zero-order chi connectivity index (χ0) is 28.0. The van der Waals surface area contributed by atoms with E-state index in [-0.39, 0.29) is 24.5 Å². The molecule has 0 saturated heterocycles. The maximum Gasteiger partial charge on any atom is 0.323 e. The molecule has 2 N–H and O–H groups in total. The lowest BCUT2D eigenvalue weighted by Crippen LogP contribution is -2.48. The standard InChI is InChI=1S/C21H32FN7O6S2/c1-26(2)36(31,32)28(5)14-20(15-29(6)37(33,34)27(3)4)35-19-11-16(22)10-18(12-19)25-21(30)24-17-8-7-9-23-13-17/h7-13,20H,14-15H2,1-6H3,(H2,24,25,30). The smallest absolute Gasteiger partial charge is 0.323 e. The van der Waals surface area contributed by atoms with Gasteiger partial charge in [0.2, 0.25) is 0 Å². The normalized spacial score (nSPS) is 12.5. The minimum absolute atomic E-state index is 0.0482. The highest BCUT2D eigenvalue weighted by atomic mass is 32.2. The fourth-order valence-corrected chi connectivity index (χ4v) is 4.90. The number of rotatable bonds is 12. The summed E-state index contributed by atoms with van der Waals surface area (Å²) in [5, 5.41) is 5.03. The average molecular weight is 562 g/mol. The number of nitrogens with zero attached hydrogens (tertiary/aromatic N) is 5. The van der Waals surface area contributed by atoms with Gasteiger partial charge in [0.05, 0.1) is 25.0 Å². The second kappa shape index (κ2) is 12.6. The summed E-state index contributed by atoms with van der Waals surface area (Å²) in [6.45, 7) is -0.511. The van der Waals surface area contributed by atoms with E-state index < -0.39 is 38.4 Å². The molecule has 0 unspecified atom stereocenters. The molecule has 0 spiro atoms. The number of aromatic nitrogens is 1.